The molecule has 0 amide bonds. The van der Waals surface area contributed by atoms with Crippen LogP contribution in [0.1, 0.15) is 50.4 Å². The number of aromatic amines is 1. The first-order valence-corrected chi connectivity index (χ1v) is 11.5. The van der Waals surface area contributed by atoms with Gasteiger partial charge in [-0.1, -0.05) is 29.8 Å². The van der Waals surface area contributed by atoms with Gasteiger partial charge in [0.1, 0.15) is 5.75 Å². The van der Waals surface area contributed by atoms with E-state index in [-0.39, 0.29) is 18.3 Å². The number of carboxylic acid groups (broad SMARTS) is 1. The van der Waals surface area contributed by atoms with Gasteiger partial charge >= 0.3 is 17.3 Å². The van der Waals surface area contributed by atoms with Gasteiger partial charge in [0.25, 0.3) is 0 Å². The van der Waals surface area contributed by atoms with Crippen molar-refractivity contribution in [1.82, 2.24) is 14.1 Å². The fourth-order valence-electron chi connectivity index (χ4n) is 3.64. The smallest absolute Gasteiger partial charge is 0.335 e. The van der Waals surface area contributed by atoms with Gasteiger partial charge in [-0.25, -0.2) is 19.1 Å². The van der Waals surface area contributed by atoms with Crippen molar-refractivity contribution in [3.05, 3.63) is 85.7 Å². The molecular formula is C26H32N4O5. The predicted molar refractivity (Wildman–Crippen MR) is 133 cm³/mol. The molecule has 1 heterocycles. The summed E-state index contributed by atoms with van der Waals surface area (Å²) < 4.78 is 8.07. The lowest BCUT2D eigenvalue weighted by atomic mass is 10.0. The predicted octanol–water partition coefficient (Wildman–Crippen LogP) is 3.30. The standard InChI is InChI=1S/C26H32N4O5/c1-15(2)35-22-12-11-21(13-17(22)4)27-24-28-25(33)30(19(6)18(5)23(31)32)26(34)29(24)14-20-9-7-16(3)8-10-20/h7-13,15,18-19H,14H2,1-6H3,(H,31,32)(H,27,28,33)/t18-,19+/m0/s1. The molecule has 9 nitrogen and oxygen atoms in total. The van der Waals surface area contributed by atoms with E-state index in [1.165, 1.54) is 11.5 Å². The quantitative estimate of drug-likeness (QED) is 0.513. The third-order valence-corrected chi connectivity index (χ3v) is 5.87. The van der Waals surface area contributed by atoms with Crippen molar-refractivity contribution in [3.8, 4) is 5.75 Å². The van der Waals surface area contributed by atoms with E-state index in [2.05, 4.69) is 9.98 Å². The molecule has 3 rings (SSSR count). The molecule has 0 aliphatic heterocycles. The topological polar surface area (TPSA) is 119 Å². The minimum atomic E-state index is -1.10. The molecule has 186 valence electrons. The average molecular weight is 481 g/mol. The Balaban J connectivity index is 2.21. The van der Waals surface area contributed by atoms with Crippen molar-refractivity contribution in [3.63, 3.8) is 0 Å². The number of aryl methyl sites for hydroxylation is 2. The van der Waals surface area contributed by atoms with Crippen LogP contribution in [0, 0.1) is 19.8 Å². The maximum atomic E-state index is 13.5. The number of H-pyrrole nitrogens is 1. The molecule has 2 atom stereocenters. The molecule has 0 bridgehead atoms. The highest BCUT2D eigenvalue weighted by molar-refractivity contribution is 5.70. The molecule has 35 heavy (non-hydrogen) atoms. The van der Waals surface area contributed by atoms with Gasteiger partial charge in [0.2, 0.25) is 5.62 Å². The average Bonchev–Trinajstić information content (AvgIpc) is 2.78. The third-order valence-electron chi connectivity index (χ3n) is 5.87. The highest BCUT2D eigenvalue weighted by Gasteiger charge is 2.25. The van der Waals surface area contributed by atoms with Crippen LogP contribution >= 0.6 is 0 Å². The summed E-state index contributed by atoms with van der Waals surface area (Å²) in [7, 11) is 0. The normalized spacial score (nSPS) is 13.6. The van der Waals surface area contributed by atoms with Crippen LogP contribution in [0.5, 0.6) is 5.75 Å². The summed E-state index contributed by atoms with van der Waals surface area (Å²) in [4.78, 5) is 45.2. The summed E-state index contributed by atoms with van der Waals surface area (Å²) in [5.41, 5.74) is 2.04. The Morgan fingerprint density at radius 1 is 1.06 bits per heavy atom. The van der Waals surface area contributed by atoms with E-state index in [1.54, 1.807) is 19.1 Å². The van der Waals surface area contributed by atoms with Gasteiger partial charge in [-0.2, -0.15) is 0 Å². The first-order chi connectivity index (χ1) is 16.5. The summed E-state index contributed by atoms with van der Waals surface area (Å²) >= 11 is 0. The van der Waals surface area contributed by atoms with Crippen LogP contribution in [0.4, 0.5) is 5.69 Å². The van der Waals surface area contributed by atoms with Crippen molar-refractivity contribution in [1.29, 1.82) is 0 Å². The molecule has 0 fully saturated rings. The van der Waals surface area contributed by atoms with Crippen molar-refractivity contribution >= 4 is 11.7 Å². The largest absolute Gasteiger partial charge is 0.491 e. The molecule has 0 radical (unpaired) electrons. The van der Waals surface area contributed by atoms with Crippen LogP contribution in [-0.4, -0.2) is 31.3 Å². The second kappa shape index (κ2) is 10.6. The zero-order valence-electron chi connectivity index (χ0n) is 20.9. The van der Waals surface area contributed by atoms with E-state index in [9.17, 15) is 19.5 Å². The van der Waals surface area contributed by atoms with E-state index in [0.29, 0.717) is 5.69 Å². The second-order valence-corrected chi connectivity index (χ2v) is 9.07. The van der Waals surface area contributed by atoms with Crippen LogP contribution < -0.4 is 21.7 Å². The van der Waals surface area contributed by atoms with Crippen LogP contribution in [0.2, 0.25) is 0 Å². The van der Waals surface area contributed by atoms with Gasteiger partial charge in [0.15, 0.2) is 0 Å². The fourth-order valence-corrected chi connectivity index (χ4v) is 3.64. The number of carboxylic acids is 1. The molecule has 0 spiro atoms. The Morgan fingerprint density at radius 3 is 2.29 bits per heavy atom. The van der Waals surface area contributed by atoms with Gasteiger partial charge in [0, 0.05) is 0 Å². The minimum absolute atomic E-state index is 0.0206. The fraction of sp³-hybridized carbons (Fsp3) is 0.385. The lowest BCUT2D eigenvalue weighted by Gasteiger charge is -2.19. The van der Waals surface area contributed by atoms with Crippen molar-refractivity contribution < 1.29 is 14.6 Å². The SMILES string of the molecule is Cc1ccc(Cn2c(=O)n([C@H](C)[C@H](C)C(=O)O)c(=O)[nH]/c2=N\c2ccc(OC(C)C)c(C)c2)cc1. The number of hydrogen-bond donors (Lipinski definition) is 2. The molecule has 3 aromatic rings. The van der Waals surface area contributed by atoms with Gasteiger partial charge in [-0.3, -0.25) is 14.3 Å². The Hall–Kier alpha value is -3.88. The van der Waals surface area contributed by atoms with Gasteiger partial charge in [0.05, 0.1) is 30.3 Å². The number of ether oxygens (including phenoxy) is 1. The third kappa shape index (κ3) is 5.98. The Kier molecular flexibility index (Phi) is 7.78. The van der Waals surface area contributed by atoms with Crippen LogP contribution in [0.3, 0.4) is 0 Å². The summed E-state index contributed by atoms with van der Waals surface area (Å²) in [5, 5.41) is 9.42. The molecular weight excluding hydrogens is 448 g/mol. The number of aliphatic carboxylic acids is 1. The molecule has 9 heteroatoms. The van der Waals surface area contributed by atoms with Crippen LogP contribution in [-0.2, 0) is 11.3 Å². The molecule has 0 aliphatic rings. The number of hydrogen-bond acceptors (Lipinski definition) is 5. The van der Waals surface area contributed by atoms with Crippen molar-refractivity contribution in [2.24, 2.45) is 10.9 Å². The number of benzene rings is 2. The summed E-state index contributed by atoms with van der Waals surface area (Å²) in [6, 6.07) is 12.2. The van der Waals surface area contributed by atoms with Gasteiger partial charge in [-0.15, -0.1) is 0 Å². The highest BCUT2D eigenvalue weighted by Crippen LogP contribution is 2.24. The monoisotopic (exact) mass is 480 g/mol. The molecule has 2 aromatic carbocycles. The van der Waals surface area contributed by atoms with Crippen molar-refractivity contribution in [2.75, 3.05) is 0 Å². The Bertz CT molecular complexity index is 1400. The Labute approximate surface area is 203 Å². The number of aromatic nitrogens is 3. The molecule has 0 saturated carbocycles. The molecule has 0 unspecified atom stereocenters. The van der Waals surface area contributed by atoms with E-state index < -0.39 is 29.3 Å². The molecule has 0 saturated heterocycles. The maximum absolute atomic E-state index is 13.5. The zero-order chi connectivity index (χ0) is 25.9. The maximum Gasteiger partial charge on any atom is 0.335 e. The van der Waals surface area contributed by atoms with Crippen LogP contribution in [0.15, 0.2) is 57.0 Å². The van der Waals surface area contributed by atoms with Crippen molar-refractivity contribution in [2.45, 2.75) is 60.2 Å². The zero-order valence-corrected chi connectivity index (χ0v) is 20.9. The molecule has 1 aromatic heterocycles. The van der Waals surface area contributed by atoms with Gasteiger partial charge in [-0.05, 0) is 70.9 Å². The first kappa shape index (κ1) is 25.7. The summed E-state index contributed by atoms with van der Waals surface area (Å²) in [5.74, 6) is -1.31. The molecule has 0 aliphatic carbocycles. The molecule has 2 N–H and O–H groups in total. The first-order valence-electron chi connectivity index (χ1n) is 11.5. The minimum Gasteiger partial charge on any atom is -0.491 e. The van der Waals surface area contributed by atoms with E-state index in [0.717, 1.165) is 27.0 Å². The van der Waals surface area contributed by atoms with Gasteiger partial charge < -0.3 is 9.84 Å². The number of carbonyl (C=O) groups is 1. The lowest BCUT2D eigenvalue weighted by molar-refractivity contribution is -0.142. The van der Waals surface area contributed by atoms with E-state index in [1.807, 2.05) is 58.0 Å². The number of nitrogens with one attached hydrogen (secondary N) is 1. The lowest BCUT2D eigenvalue weighted by Crippen LogP contribution is -2.52. The summed E-state index contributed by atoms with van der Waals surface area (Å²) in [6.07, 6.45) is 0.0206. The second-order valence-electron chi connectivity index (χ2n) is 9.07. The van der Waals surface area contributed by atoms with E-state index in [4.69, 9.17) is 4.74 Å². The van der Waals surface area contributed by atoms with E-state index >= 15 is 0 Å². The van der Waals surface area contributed by atoms with Crippen LogP contribution in [0.25, 0.3) is 0 Å². The number of nitrogens with zero attached hydrogens (tertiary/aromatic N) is 3. The Morgan fingerprint density at radius 2 is 1.71 bits per heavy atom. The number of rotatable bonds is 8. The summed E-state index contributed by atoms with van der Waals surface area (Å²) in [6.45, 7) is 10.9. The highest BCUT2D eigenvalue weighted by atomic mass is 16.5.